The Morgan fingerprint density at radius 3 is 2.34 bits per heavy atom. The van der Waals surface area contributed by atoms with Crippen LogP contribution in [-0.4, -0.2) is 68.5 Å². The number of sulfonamides is 1. The van der Waals surface area contributed by atoms with Crippen LogP contribution in [0.2, 0.25) is 0 Å². The Morgan fingerprint density at radius 2 is 1.69 bits per heavy atom. The third-order valence-corrected chi connectivity index (χ3v) is 9.18. The number of anilines is 1. The van der Waals surface area contributed by atoms with Gasteiger partial charge in [-0.2, -0.15) is 12.7 Å². The molecule has 2 atom stereocenters. The lowest BCUT2D eigenvalue weighted by atomic mass is 9.91. The molecule has 11 heteroatoms. The van der Waals surface area contributed by atoms with Gasteiger partial charge in [-0.05, 0) is 54.7 Å². The van der Waals surface area contributed by atoms with Crippen LogP contribution in [0.4, 0.5) is 5.69 Å². The fourth-order valence-corrected chi connectivity index (χ4v) is 6.68. The molecule has 0 aromatic heterocycles. The van der Waals surface area contributed by atoms with E-state index in [-0.39, 0.29) is 29.8 Å². The Hall–Kier alpha value is -2.18. The van der Waals surface area contributed by atoms with Gasteiger partial charge in [0.25, 0.3) is 10.2 Å². The second-order valence-electron chi connectivity index (χ2n) is 9.14. The fourth-order valence-electron chi connectivity index (χ4n) is 4.09. The van der Waals surface area contributed by atoms with Gasteiger partial charge in [0.1, 0.15) is 5.75 Å². The molecule has 194 valence electrons. The molecule has 3 rings (SSSR count). The average molecular weight is 525 g/mol. The van der Waals surface area contributed by atoms with Crippen molar-refractivity contribution in [1.29, 1.82) is 0 Å². The molecule has 0 radical (unpaired) electrons. The molecule has 2 aromatic rings. The summed E-state index contributed by atoms with van der Waals surface area (Å²) in [6.45, 7) is 2.86. The van der Waals surface area contributed by atoms with Crippen molar-refractivity contribution in [3.05, 3.63) is 54.1 Å². The van der Waals surface area contributed by atoms with Crippen molar-refractivity contribution >= 4 is 25.9 Å². The molecular weight excluding hydrogens is 488 g/mol. The molecule has 1 unspecified atom stereocenters. The molecule has 1 heterocycles. The first-order chi connectivity index (χ1) is 16.5. The molecule has 0 saturated carbocycles. The van der Waals surface area contributed by atoms with E-state index >= 15 is 0 Å². The maximum Gasteiger partial charge on any atom is 0.279 e. The molecule has 0 aliphatic carbocycles. The molecular formula is C24H36N4O5S2. The summed E-state index contributed by atoms with van der Waals surface area (Å²) in [5.74, 6) is 0.581. The van der Waals surface area contributed by atoms with Crippen LogP contribution >= 0.6 is 0 Å². The zero-order valence-electron chi connectivity index (χ0n) is 20.8. The van der Waals surface area contributed by atoms with Crippen molar-refractivity contribution < 1.29 is 21.6 Å². The number of ether oxygens (including phenoxy) is 1. The minimum atomic E-state index is -3.70. The summed E-state index contributed by atoms with van der Waals surface area (Å²) in [6.07, 6.45) is 1.64. The number of benzene rings is 2. The third kappa shape index (κ3) is 7.17. The van der Waals surface area contributed by atoms with Gasteiger partial charge in [-0.15, -0.1) is 0 Å². The number of hydrogen-bond acceptors (Lipinski definition) is 6. The van der Waals surface area contributed by atoms with E-state index in [1.807, 2.05) is 43.3 Å². The summed E-state index contributed by atoms with van der Waals surface area (Å²) >= 11 is 0. The van der Waals surface area contributed by atoms with Crippen molar-refractivity contribution in [3.63, 3.8) is 0 Å². The van der Waals surface area contributed by atoms with E-state index in [2.05, 4.69) is 9.44 Å². The summed E-state index contributed by atoms with van der Waals surface area (Å²) in [5, 5.41) is 0. The summed E-state index contributed by atoms with van der Waals surface area (Å²) in [5.41, 5.74) is 1.91. The molecule has 1 fully saturated rings. The largest absolute Gasteiger partial charge is 0.496 e. The van der Waals surface area contributed by atoms with Crippen LogP contribution in [0, 0.1) is 5.92 Å². The monoisotopic (exact) mass is 524 g/mol. The average Bonchev–Trinajstić information content (AvgIpc) is 2.86. The summed E-state index contributed by atoms with van der Waals surface area (Å²) in [4.78, 5) is 2.06. The molecule has 1 aliphatic heterocycles. The van der Waals surface area contributed by atoms with Crippen molar-refractivity contribution in [2.45, 2.75) is 30.6 Å². The first-order valence-electron chi connectivity index (χ1n) is 11.7. The molecule has 0 bridgehead atoms. The summed E-state index contributed by atoms with van der Waals surface area (Å²) < 4.78 is 63.3. The first-order valence-corrected chi connectivity index (χ1v) is 14.6. The second-order valence-corrected chi connectivity index (χ2v) is 12.7. The number of nitrogens with zero attached hydrogens (tertiary/aromatic N) is 2. The molecule has 35 heavy (non-hydrogen) atoms. The number of piperidine rings is 1. The van der Waals surface area contributed by atoms with Crippen LogP contribution in [0.15, 0.2) is 53.4 Å². The van der Waals surface area contributed by atoms with Gasteiger partial charge in [0.05, 0.1) is 12.0 Å². The number of rotatable bonds is 11. The lowest BCUT2D eigenvalue weighted by Gasteiger charge is -2.33. The van der Waals surface area contributed by atoms with Crippen LogP contribution in [0.3, 0.4) is 0 Å². The number of methoxy groups -OCH3 is 1. The SMILES string of the molecule is COc1ccccc1C1CCCN(S(=O)(=O)NC[C@@H](C)CNS(=O)(=O)c2ccc(N(C)C)cc2)C1. The number of para-hydroxylation sites is 1. The highest BCUT2D eigenvalue weighted by Crippen LogP contribution is 2.33. The van der Waals surface area contributed by atoms with Crippen LogP contribution < -0.4 is 19.1 Å². The zero-order valence-corrected chi connectivity index (χ0v) is 22.4. The van der Waals surface area contributed by atoms with Gasteiger partial charge >= 0.3 is 0 Å². The highest BCUT2D eigenvalue weighted by atomic mass is 32.2. The normalized spacial score (nSPS) is 18.2. The topological polar surface area (TPSA) is 108 Å². The van der Waals surface area contributed by atoms with Crippen molar-refractivity contribution in [1.82, 2.24) is 13.7 Å². The fraction of sp³-hybridized carbons (Fsp3) is 0.500. The first kappa shape index (κ1) is 27.4. The predicted octanol–water partition coefficient (Wildman–Crippen LogP) is 2.39. The molecule has 1 aliphatic rings. The second kappa shape index (κ2) is 11.7. The minimum Gasteiger partial charge on any atom is -0.496 e. The van der Waals surface area contributed by atoms with Crippen LogP contribution in [0.1, 0.15) is 31.2 Å². The molecule has 0 amide bonds. The van der Waals surface area contributed by atoms with Crippen molar-refractivity contribution in [2.24, 2.45) is 5.92 Å². The molecule has 1 saturated heterocycles. The lowest BCUT2D eigenvalue weighted by molar-refractivity contribution is 0.304. The standard InChI is InChI=1S/C24H36N4O5S2/c1-19(16-25-34(29,30)22-13-11-21(12-14-22)27(2)3)17-26-35(31,32)28-15-7-8-20(18-28)23-9-5-6-10-24(23)33-4/h5-6,9-14,19-20,25-26H,7-8,15-18H2,1-4H3/t19-,20?/m0/s1. The quantitative estimate of drug-likeness (QED) is 0.467. The Bertz CT molecular complexity index is 1180. The van der Waals surface area contributed by atoms with E-state index in [1.165, 1.54) is 4.31 Å². The molecule has 9 nitrogen and oxygen atoms in total. The van der Waals surface area contributed by atoms with Gasteiger partial charge in [0.2, 0.25) is 10.0 Å². The summed E-state index contributed by atoms with van der Waals surface area (Å²) in [7, 11) is -2.00. The van der Waals surface area contributed by atoms with E-state index in [9.17, 15) is 16.8 Å². The minimum absolute atomic E-state index is 0.0552. The predicted molar refractivity (Wildman–Crippen MR) is 139 cm³/mol. The Kier molecular flexibility index (Phi) is 9.16. The van der Waals surface area contributed by atoms with E-state index in [4.69, 9.17) is 4.74 Å². The maximum atomic E-state index is 13.0. The zero-order chi connectivity index (χ0) is 25.6. The van der Waals surface area contributed by atoms with E-state index in [0.717, 1.165) is 29.8 Å². The van der Waals surface area contributed by atoms with Crippen LogP contribution in [0.25, 0.3) is 0 Å². The number of nitrogens with one attached hydrogen (secondary N) is 2. The molecule has 0 spiro atoms. The van der Waals surface area contributed by atoms with Crippen LogP contribution in [0.5, 0.6) is 5.75 Å². The van der Waals surface area contributed by atoms with E-state index < -0.39 is 20.2 Å². The van der Waals surface area contributed by atoms with Gasteiger partial charge in [-0.25, -0.2) is 17.9 Å². The van der Waals surface area contributed by atoms with Gasteiger partial charge in [0.15, 0.2) is 0 Å². The lowest BCUT2D eigenvalue weighted by Crippen LogP contribution is -2.47. The van der Waals surface area contributed by atoms with E-state index in [0.29, 0.717) is 13.1 Å². The Labute approximate surface area is 209 Å². The van der Waals surface area contributed by atoms with Crippen molar-refractivity contribution in [3.8, 4) is 5.75 Å². The van der Waals surface area contributed by atoms with Gasteiger partial charge in [-0.3, -0.25) is 0 Å². The Balaban J connectivity index is 1.54. The van der Waals surface area contributed by atoms with Gasteiger partial charge in [0, 0.05) is 51.9 Å². The van der Waals surface area contributed by atoms with E-state index in [1.54, 1.807) is 38.3 Å². The smallest absolute Gasteiger partial charge is 0.279 e. The summed E-state index contributed by atoms with van der Waals surface area (Å²) in [6, 6.07) is 14.3. The third-order valence-electron chi connectivity index (χ3n) is 6.20. The van der Waals surface area contributed by atoms with Crippen molar-refractivity contribution in [2.75, 3.05) is 52.3 Å². The van der Waals surface area contributed by atoms with Gasteiger partial charge < -0.3 is 9.64 Å². The van der Waals surface area contributed by atoms with Crippen LogP contribution in [-0.2, 0) is 20.2 Å². The number of hydrogen-bond donors (Lipinski definition) is 2. The highest BCUT2D eigenvalue weighted by molar-refractivity contribution is 7.89. The molecule has 2 aromatic carbocycles. The highest BCUT2D eigenvalue weighted by Gasteiger charge is 2.31. The Morgan fingerprint density at radius 1 is 1.03 bits per heavy atom. The maximum absolute atomic E-state index is 13.0. The molecule has 2 N–H and O–H groups in total. The van der Waals surface area contributed by atoms with Gasteiger partial charge in [-0.1, -0.05) is 25.1 Å².